The number of amides is 3. The molecule has 8 nitrogen and oxygen atoms in total. The third-order valence-corrected chi connectivity index (χ3v) is 6.11. The van der Waals surface area contributed by atoms with E-state index in [1.807, 2.05) is 37.7 Å². The van der Waals surface area contributed by atoms with Gasteiger partial charge >= 0.3 is 0 Å². The van der Waals surface area contributed by atoms with Gasteiger partial charge in [-0.25, -0.2) is 0 Å². The lowest BCUT2D eigenvalue weighted by atomic mass is 10.1. The highest BCUT2D eigenvalue weighted by atomic mass is 32.2. The van der Waals surface area contributed by atoms with Gasteiger partial charge in [-0.2, -0.15) is 5.10 Å². The van der Waals surface area contributed by atoms with Crippen LogP contribution in [0.25, 0.3) is 6.08 Å². The maximum Gasteiger partial charge on any atom is 0.293 e. The molecule has 9 heteroatoms. The van der Waals surface area contributed by atoms with Gasteiger partial charge < -0.3 is 10.1 Å². The van der Waals surface area contributed by atoms with Gasteiger partial charge in [0.05, 0.1) is 17.7 Å². The number of aryl methyl sites for hydroxylation is 2. The fraction of sp³-hybridized carbons (Fsp3) is 0.364. The first-order chi connectivity index (χ1) is 14.8. The largest absolute Gasteiger partial charge is 0.497 e. The van der Waals surface area contributed by atoms with E-state index >= 15 is 0 Å². The first-order valence-corrected chi connectivity index (χ1v) is 10.8. The summed E-state index contributed by atoms with van der Waals surface area (Å²) in [6, 6.07) is 7.22. The number of methoxy groups -OCH3 is 1. The summed E-state index contributed by atoms with van der Waals surface area (Å²) in [5, 5.41) is 6.81. The minimum Gasteiger partial charge on any atom is -0.497 e. The second-order valence-electron chi connectivity index (χ2n) is 7.23. The smallest absolute Gasteiger partial charge is 0.293 e. The van der Waals surface area contributed by atoms with Gasteiger partial charge in [0.1, 0.15) is 5.75 Å². The zero-order valence-electron chi connectivity index (χ0n) is 18.1. The number of ether oxygens (including phenoxy) is 1. The lowest BCUT2D eigenvalue weighted by Gasteiger charge is -2.13. The molecule has 0 spiro atoms. The van der Waals surface area contributed by atoms with Crippen molar-refractivity contribution in [3.05, 3.63) is 51.7 Å². The third kappa shape index (κ3) is 5.35. The summed E-state index contributed by atoms with van der Waals surface area (Å²) in [6.07, 6.45) is 2.61. The summed E-state index contributed by atoms with van der Waals surface area (Å²) in [4.78, 5) is 38.5. The summed E-state index contributed by atoms with van der Waals surface area (Å²) in [5.74, 6) is 0.250. The molecule has 1 fully saturated rings. The van der Waals surface area contributed by atoms with Crippen molar-refractivity contribution in [1.82, 2.24) is 20.0 Å². The molecular weight excluding hydrogens is 416 g/mol. The van der Waals surface area contributed by atoms with Crippen molar-refractivity contribution in [2.75, 3.05) is 20.2 Å². The maximum absolute atomic E-state index is 12.6. The molecule has 0 unspecified atom stereocenters. The Morgan fingerprint density at radius 1 is 1.23 bits per heavy atom. The number of thioether (sulfide) groups is 1. The normalized spacial score (nSPS) is 15.1. The topological polar surface area (TPSA) is 93.5 Å². The van der Waals surface area contributed by atoms with Gasteiger partial charge in [0.25, 0.3) is 11.1 Å². The molecule has 1 aromatic heterocycles. The van der Waals surface area contributed by atoms with Crippen LogP contribution in [0.1, 0.15) is 28.9 Å². The van der Waals surface area contributed by atoms with Crippen molar-refractivity contribution in [3.63, 3.8) is 0 Å². The van der Waals surface area contributed by atoms with Crippen molar-refractivity contribution in [1.29, 1.82) is 0 Å². The molecule has 164 valence electrons. The van der Waals surface area contributed by atoms with Gasteiger partial charge in [0.15, 0.2) is 0 Å². The molecular formula is C22H26N4O4S. The Morgan fingerprint density at radius 2 is 1.94 bits per heavy atom. The fourth-order valence-corrected chi connectivity index (χ4v) is 4.22. The number of aromatic nitrogens is 2. The lowest BCUT2D eigenvalue weighted by Crippen LogP contribution is -2.37. The molecule has 1 aliphatic rings. The van der Waals surface area contributed by atoms with Crippen LogP contribution in [0.2, 0.25) is 0 Å². The Kier molecular flexibility index (Phi) is 7.17. The van der Waals surface area contributed by atoms with Crippen LogP contribution in [0.4, 0.5) is 4.79 Å². The number of imide groups is 1. The second-order valence-corrected chi connectivity index (χ2v) is 8.22. The van der Waals surface area contributed by atoms with Crippen molar-refractivity contribution in [2.45, 2.75) is 26.7 Å². The van der Waals surface area contributed by atoms with E-state index in [4.69, 9.17) is 4.74 Å². The molecule has 0 bridgehead atoms. The van der Waals surface area contributed by atoms with Gasteiger partial charge in [0, 0.05) is 32.3 Å². The van der Waals surface area contributed by atoms with Crippen LogP contribution in [0.15, 0.2) is 29.2 Å². The van der Waals surface area contributed by atoms with Crippen LogP contribution >= 0.6 is 11.8 Å². The Morgan fingerprint density at radius 3 is 2.55 bits per heavy atom. The summed E-state index contributed by atoms with van der Waals surface area (Å²) in [7, 11) is 3.46. The van der Waals surface area contributed by atoms with Gasteiger partial charge in [-0.15, -0.1) is 0 Å². The molecule has 0 radical (unpaired) electrons. The van der Waals surface area contributed by atoms with Crippen molar-refractivity contribution in [2.24, 2.45) is 7.05 Å². The molecule has 1 saturated heterocycles. The van der Waals surface area contributed by atoms with Gasteiger partial charge in [-0.1, -0.05) is 12.1 Å². The van der Waals surface area contributed by atoms with E-state index in [-0.39, 0.29) is 30.1 Å². The van der Waals surface area contributed by atoms with Crippen LogP contribution in [0, 0.1) is 13.8 Å². The molecule has 1 aromatic carbocycles. The number of carbonyl (C=O) groups excluding carboxylic acids is 3. The Bertz CT molecular complexity index is 1030. The number of carbonyl (C=O) groups is 3. The lowest BCUT2D eigenvalue weighted by molar-refractivity contribution is -0.124. The predicted octanol–water partition coefficient (Wildman–Crippen LogP) is 2.83. The van der Waals surface area contributed by atoms with E-state index in [0.29, 0.717) is 17.7 Å². The summed E-state index contributed by atoms with van der Waals surface area (Å²) in [6.45, 7) is 4.27. The molecule has 2 aromatic rings. The monoisotopic (exact) mass is 442 g/mol. The molecule has 0 saturated carbocycles. The van der Waals surface area contributed by atoms with Crippen LogP contribution in [0.5, 0.6) is 5.75 Å². The minimum atomic E-state index is -0.346. The van der Waals surface area contributed by atoms with E-state index in [2.05, 4.69) is 10.4 Å². The number of hydrogen-bond acceptors (Lipinski definition) is 6. The molecule has 3 rings (SSSR count). The van der Waals surface area contributed by atoms with E-state index < -0.39 is 0 Å². The molecule has 31 heavy (non-hydrogen) atoms. The number of benzene rings is 1. The van der Waals surface area contributed by atoms with E-state index in [1.54, 1.807) is 25.3 Å². The molecule has 0 aliphatic carbocycles. The van der Waals surface area contributed by atoms with E-state index in [1.165, 1.54) is 0 Å². The Balaban J connectivity index is 1.49. The van der Waals surface area contributed by atoms with Crippen molar-refractivity contribution < 1.29 is 19.1 Å². The zero-order chi connectivity index (χ0) is 22.5. The molecule has 1 aliphatic heterocycles. The first kappa shape index (κ1) is 22.6. The van der Waals surface area contributed by atoms with Crippen LogP contribution in [-0.2, 0) is 23.1 Å². The standard InChI is InChI=1S/C22H26N4O4S/c1-14-18(15(2)25(3)24-14)9-10-20(27)23-11-12-26-21(28)19(31-22(26)29)13-16-5-7-17(30-4)8-6-16/h5-8,13H,9-12H2,1-4H3,(H,23,27)/b19-13+. The highest BCUT2D eigenvalue weighted by molar-refractivity contribution is 8.18. The van der Waals surface area contributed by atoms with Gasteiger partial charge in [0.2, 0.25) is 5.91 Å². The number of nitrogens with one attached hydrogen (secondary N) is 1. The van der Waals surface area contributed by atoms with E-state index in [9.17, 15) is 14.4 Å². The highest BCUT2D eigenvalue weighted by Crippen LogP contribution is 2.32. The predicted molar refractivity (Wildman–Crippen MR) is 120 cm³/mol. The SMILES string of the molecule is COc1ccc(/C=C2/SC(=O)N(CCNC(=O)CCc3c(C)nn(C)c3C)C2=O)cc1. The minimum absolute atomic E-state index is 0.122. The molecule has 0 atom stereocenters. The molecule has 1 N–H and O–H groups in total. The first-order valence-electron chi connectivity index (χ1n) is 9.95. The quantitative estimate of drug-likeness (QED) is 0.632. The fourth-order valence-electron chi connectivity index (χ4n) is 3.36. The van der Waals surface area contributed by atoms with Crippen LogP contribution in [-0.4, -0.2) is 51.9 Å². The maximum atomic E-state index is 12.6. The average molecular weight is 443 g/mol. The Labute approximate surface area is 185 Å². The van der Waals surface area contributed by atoms with Gasteiger partial charge in [-0.3, -0.25) is 24.0 Å². The summed E-state index contributed by atoms with van der Waals surface area (Å²) < 4.78 is 6.93. The zero-order valence-corrected chi connectivity index (χ0v) is 18.9. The molecule has 2 heterocycles. The molecule has 3 amide bonds. The third-order valence-electron chi connectivity index (χ3n) is 5.21. The number of hydrogen-bond donors (Lipinski definition) is 1. The highest BCUT2D eigenvalue weighted by Gasteiger charge is 2.34. The number of nitrogens with zero attached hydrogens (tertiary/aromatic N) is 3. The van der Waals surface area contributed by atoms with Crippen molar-refractivity contribution in [3.8, 4) is 5.75 Å². The summed E-state index contributed by atoms with van der Waals surface area (Å²) in [5.41, 5.74) is 3.86. The average Bonchev–Trinajstić information content (AvgIpc) is 3.15. The van der Waals surface area contributed by atoms with E-state index in [0.717, 1.165) is 44.9 Å². The van der Waals surface area contributed by atoms with Gasteiger partial charge in [-0.05, 0) is 61.4 Å². The van der Waals surface area contributed by atoms with Crippen LogP contribution < -0.4 is 10.1 Å². The Hall–Kier alpha value is -3.07. The van der Waals surface area contributed by atoms with Crippen molar-refractivity contribution >= 4 is 34.9 Å². The van der Waals surface area contributed by atoms with Crippen LogP contribution in [0.3, 0.4) is 0 Å². The number of rotatable bonds is 8. The summed E-state index contributed by atoms with van der Waals surface area (Å²) >= 11 is 0.904. The second kappa shape index (κ2) is 9.82.